The van der Waals surface area contributed by atoms with Gasteiger partial charge in [-0.1, -0.05) is 46.8 Å². The quantitative estimate of drug-likeness (QED) is 0.832. The predicted octanol–water partition coefficient (Wildman–Crippen LogP) is 3.13. The highest BCUT2D eigenvalue weighted by molar-refractivity contribution is 5.97. The first-order valence-corrected chi connectivity index (χ1v) is 9.63. The van der Waals surface area contributed by atoms with Crippen LogP contribution >= 0.6 is 0 Å². The summed E-state index contributed by atoms with van der Waals surface area (Å²) < 4.78 is 1.70. The Kier molecular flexibility index (Phi) is 6.65. The molecule has 2 aromatic rings. The standard InChI is InChI=1S/C22H32N4O2/c1-15(2)19(21(28)25(6)13-16-12-23-26(7)14-16)24-20(27)17-8-10-18(11-9-17)22(3,4)5/h8-12,14-15,19H,13H2,1-7H3,(H,24,27)/t19-/m1/s1. The Bertz CT molecular complexity index is 816. The zero-order valence-corrected chi connectivity index (χ0v) is 18.0. The molecule has 152 valence electrons. The fourth-order valence-corrected chi connectivity index (χ4v) is 3.00. The van der Waals surface area contributed by atoms with E-state index in [9.17, 15) is 9.59 Å². The molecule has 2 amide bonds. The second-order valence-electron chi connectivity index (χ2n) is 8.74. The normalized spacial score (nSPS) is 12.7. The Morgan fingerprint density at radius 1 is 1.18 bits per heavy atom. The van der Waals surface area contributed by atoms with E-state index in [0.717, 1.165) is 11.1 Å². The molecule has 0 radical (unpaired) electrons. The van der Waals surface area contributed by atoms with Crippen molar-refractivity contribution in [3.05, 3.63) is 53.3 Å². The van der Waals surface area contributed by atoms with Gasteiger partial charge in [0.2, 0.25) is 5.91 Å². The van der Waals surface area contributed by atoms with E-state index in [1.54, 1.807) is 22.8 Å². The van der Waals surface area contributed by atoms with Crippen molar-refractivity contribution >= 4 is 11.8 Å². The van der Waals surface area contributed by atoms with E-state index in [1.165, 1.54) is 0 Å². The average molecular weight is 385 g/mol. The summed E-state index contributed by atoms with van der Waals surface area (Å²) in [4.78, 5) is 27.3. The zero-order chi connectivity index (χ0) is 21.1. The van der Waals surface area contributed by atoms with E-state index in [4.69, 9.17) is 0 Å². The van der Waals surface area contributed by atoms with Crippen LogP contribution in [0, 0.1) is 5.92 Å². The van der Waals surface area contributed by atoms with E-state index in [1.807, 2.05) is 51.4 Å². The number of aromatic nitrogens is 2. The monoisotopic (exact) mass is 384 g/mol. The van der Waals surface area contributed by atoms with Crippen molar-refractivity contribution in [1.29, 1.82) is 0 Å². The van der Waals surface area contributed by atoms with Gasteiger partial charge in [0.15, 0.2) is 0 Å². The number of nitrogens with zero attached hydrogens (tertiary/aromatic N) is 3. The molecule has 1 heterocycles. The molecule has 0 aliphatic rings. The maximum Gasteiger partial charge on any atom is 0.251 e. The molecule has 0 unspecified atom stereocenters. The Morgan fingerprint density at radius 2 is 1.79 bits per heavy atom. The molecule has 1 N–H and O–H groups in total. The van der Waals surface area contributed by atoms with Crippen LogP contribution in [0.5, 0.6) is 0 Å². The van der Waals surface area contributed by atoms with E-state index >= 15 is 0 Å². The first-order chi connectivity index (χ1) is 13.0. The van der Waals surface area contributed by atoms with E-state index in [-0.39, 0.29) is 23.1 Å². The van der Waals surface area contributed by atoms with Crippen molar-refractivity contribution in [1.82, 2.24) is 20.0 Å². The van der Waals surface area contributed by atoms with Crippen LogP contribution < -0.4 is 5.32 Å². The van der Waals surface area contributed by atoms with Crippen LogP contribution in [0.1, 0.15) is 56.1 Å². The summed E-state index contributed by atoms with van der Waals surface area (Å²) in [6.07, 6.45) is 3.62. The van der Waals surface area contributed by atoms with Crippen LogP contribution in [-0.2, 0) is 23.8 Å². The summed E-state index contributed by atoms with van der Waals surface area (Å²) in [6.45, 7) is 10.7. The van der Waals surface area contributed by atoms with Crippen molar-refractivity contribution in [2.75, 3.05) is 7.05 Å². The lowest BCUT2D eigenvalue weighted by Crippen LogP contribution is -2.50. The maximum absolute atomic E-state index is 12.9. The number of hydrogen-bond acceptors (Lipinski definition) is 3. The number of nitrogens with one attached hydrogen (secondary N) is 1. The first-order valence-electron chi connectivity index (χ1n) is 9.63. The van der Waals surface area contributed by atoms with E-state index in [0.29, 0.717) is 12.1 Å². The number of aryl methyl sites for hydroxylation is 1. The molecule has 0 saturated carbocycles. The number of hydrogen-bond donors (Lipinski definition) is 1. The van der Waals surface area contributed by atoms with Crippen LogP contribution in [0.2, 0.25) is 0 Å². The van der Waals surface area contributed by atoms with Crippen molar-refractivity contribution in [2.24, 2.45) is 13.0 Å². The average Bonchev–Trinajstić information content (AvgIpc) is 3.02. The zero-order valence-electron chi connectivity index (χ0n) is 18.0. The van der Waals surface area contributed by atoms with E-state index < -0.39 is 6.04 Å². The number of carbonyl (C=O) groups is 2. The Morgan fingerprint density at radius 3 is 2.25 bits per heavy atom. The van der Waals surface area contributed by atoms with Crippen LogP contribution in [0.25, 0.3) is 0 Å². The lowest BCUT2D eigenvalue weighted by Gasteiger charge is -2.27. The van der Waals surface area contributed by atoms with Crippen molar-refractivity contribution in [2.45, 2.75) is 52.6 Å². The number of likely N-dealkylation sites (N-methyl/N-ethyl adjacent to an activating group) is 1. The van der Waals surface area contributed by atoms with Gasteiger partial charge in [0.1, 0.15) is 6.04 Å². The van der Waals surface area contributed by atoms with Gasteiger partial charge in [0, 0.05) is 38.0 Å². The molecule has 0 spiro atoms. The minimum Gasteiger partial charge on any atom is -0.340 e. The molecule has 28 heavy (non-hydrogen) atoms. The van der Waals surface area contributed by atoms with Gasteiger partial charge in [-0.05, 0) is 29.0 Å². The molecule has 2 rings (SSSR count). The molecule has 0 aliphatic heterocycles. The highest BCUT2D eigenvalue weighted by Crippen LogP contribution is 2.22. The molecule has 0 saturated heterocycles. The van der Waals surface area contributed by atoms with Crippen LogP contribution in [0.3, 0.4) is 0 Å². The number of rotatable bonds is 6. The van der Waals surface area contributed by atoms with Crippen LogP contribution in [0.15, 0.2) is 36.7 Å². The fourth-order valence-electron chi connectivity index (χ4n) is 3.00. The molecule has 0 fully saturated rings. The van der Waals surface area contributed by atoms with Crippen molar-refractivity contribution in [3.8, 4) is 0 Å². The first kappa shape index (κ1) is 21.7. The van der Waals surface area contributed by atoms with Gasteiger partial charge in [0.05, 0.1) is 6.20 Å². The van der Waals surface area contributed by atoms with Crippen molar-refractivity contribution in [3.63, 3.8) is 0 Å². The maximum atomic E-state index is 12.9. The third kappa shape index (κ3) is 5.44. The SMILES string of the molecule is CC(C)[C@@H](NC(=O)c1ccc(C(C)(C)C)cc1)C(=O)N(C)Cc1cnn(C)c1. The van der Waals surface area contributed by atoms with Gasteiger partial charge >= 0.3 is 0 Å². The summed E-state index contributed by atoms with van der Waals surface area (Å²) in [5.74, 6) is -0.373. The Hall–Kier alpha value is -2.63. The third-order valence-electron chi connectivity index (χ3n) is 4.79. The lowest BCUT2D eigenvalue weighted by molar-refractivity contribution is -0.133. The van der Waals surface area contributed by atoms with Crippen LogP contribution in [0.4, 0.5) is 0 Å². The molecule has 1 atom stereocenters. The Labute approximate surface area is 167 Å². The summed E-state index contributed by atoms with van der Waals surface area (Å²) in [7, 11) is 3.59. The summed E-state index contributed by atoms with van der Waals surface area (Å²) >= 11 is 0. The topological polar surface area (TPSA) is 67.2 Å². The largest absolute Gasteiger partial charge is 0.340 e. The second kappa shape index (κ2) is 8.59. The molecule has 1 aromatic carbocycles. The summed E-state index contributed by atoms with van der Waals surface area (Å²) in [6, 6.07) is 6.98. The van der Waals surface area contributed by atoms with Crippen LogP contribution in [-0.4, -0.2) is 39.6 Å². The predicted molar refractivity (Wildman–Crippen MR) is 111 cm³/mol. The minimum atomic E-state index is -0.587. The van der Waals surface area contributed by atoms with Gasteiger partial charge in [-0.25, -0.2) is 0 Å². The fraction of sp³-hybridized carbons (Fsp3) is 0.500. The smallest absolute Gasteiger partial charge is 0.251 e. The third-order valence-corrected chi connectivity index (χ3v) is 4.79. The van der Waals surface area contributed by atoms with E-state index in [2.05, 4.69) is 31.2 Å². The van der Waals surface area contributed by atoms with Gasteiger partial charge in [-0.2, -0.15) is 5.10 Å². The molecule has 0 aliphatic carbocycles. The number of carbonyl (C=O) groups excluding carboxylic acids is 2. The molecule has 6 nitrogen and oxygen atoms in total. The molecule has 1 aromatic heterocycles. The molecular weight excluding hydrogens is 352 g/mol. The van der Waals surface area contributed by atoms with Crippen molar-refractivity contribution < 1.29 is 9.59 Å². The highest BCUT2D eigenvalue weighted by atomic mass is 16.2. The minimum absolute atomic E-state index is 0.0263. The second-order valence-corrected chi connectivity index (χ2v) is 8.74. The molecule has 6 heteroatoms. The number of benzene rings is 1. The Balaban J connectivity index is 2.08. The van der Waals surface area contributed by atoms with Gasteiger partial charge in [-0.15, -0.1) is 0 Å². The van der Waals surface area contributed by atoms with Gasteiger partial charge in [-0.3, -0.25) is 14.3 Å². The van der Waals surface area contributed by atoms with Gasteiger partial charge < -0.3 is 10.2 Å². The summed E-state index contributed by atoms with van der Waals surface area (Å²) in [5, 5.41) is 7.04. The highest BCUT2D eigenvalue weighted by Gasteiger charge is 2.27. The molecule has 0 bridgehead atoms. The van der Waals surface area contributed by atoms with Gasteiger partial charge in [0.25, 0.3) is 5.91 Å². The summed E-state index contributed by atoms with van der Waals surface area (Å²) in [5.41, 5.74) is 2.70. The lowest BCUT2D eigenvalue weighted by atomic mass is 9.86. The molecular formula is C22H32N4O2. The number of amides is 2.